The SMILES string of the molecule is CC(C)Cn1c(=O)c2ccc(C(=O)NC(C)C)cc2n2c(=O)n(Cc3cccc(C(F)(F)F)c3)nc12. The number of fused-ring (bicyclic) bond motifs is 3. The number of halogens is 3. The first-order valence-corrected chi connectivity index (χ1v) is 11.5. The zero-order valence-electron chi connectivity index (χ0n) is 20.3. The summed E-state index contributed by atoms with van der Waals surface area (Å²) in [5, 5.41) is 7.33. The molecular formula is C25H26F3N5O3. The highest BCUT2D eigenvalue weighted by atomic mass is 19.4. The Balaban J connectivity index is 1.95. The third-order valence-corrected chi connectivity index (χ3v) is 5.59. The first-order valence-electron chi connectivity index (χ1n) is 11.5. The monoisotopic (exact) mass is 501 g/mol. The van der Waals surface area contributed by atoms with Crippen molar-refractivity contribution in [2.24, 2.45) is 5.92 Å². The van der Waals surface area contributed by atoms with Gasteiger partial charge in [-0.25, -0.2) is 13.9 Å². The molecule has 11 heteroatoms. The van der Waals surface area contributed by atoms with Crippen LogP contribution < -0.4 is 16.6 Å². The number of nitrogens with zero attached hydrogens (tertiary/aromatic N) is 4. The van der Waals surface area contributed by atoms with Crippen molar-refractivity contribution in [3.8, 4) is 0 Å². The Bertz CT molecular complexity index is 1580. The summed E-state index contributed by atoms with van der Waals surface area (Å²) in [4.78, 5) is 39.4. The smallest absolute Gasteiger partial charge is 0.350 e. The second-order valence-corrected chi connectivity index (χ2v) is 9.44. The van der Waals surface area contributed by atoms with E-state index in [-0.39, 0.29) is 64.3 Å². The molecule has 4 aromatic rings. The lowest BCUT2D eigenvalue weighted by Crippen LogP contribution is -2.31. The molecule has 2 heterocycles. The molecular weight excluding hydrogens is 475 g/mol. The molecule has 2 aromatic carbocycles. The van der Waals surface area contributed by atoms with Gasteiger partial charge in [-0.2, -0.15) is 13.2 Å². The summed E-state index contributed by atoms with van der Waals surface area (Å²) in [5.41, 5.74) is -1.15. The van der Waals surface area contributed by atoms with E-state index in [1.807, 2.05) is 27.7 Å². The highest BCUT2D eigenvalue weighted by Crippen LogP contribution is 2.29. The lowest BCUT2D eigenvalue weighted by Gasteiger charge is -2.13. The average molecular weight is 502 g/mol. The van der Waals surface area contributed by atoms with Crippen LogP contribution in [0.5, 0.6) is 0 Å². The molecule has 0 fully saturated rings. The molecule has 0 bridgehead atoms. The lowest BCUT2D eigenvalue weighted by atomic mass is 10.1. The number of amides is 1. The minimum absolute atomic E-state index is 0.0451. The van der Waals surface area contributed by atoms with E-state index < -0.39 is 17.4 Å². The van der Waals surface area contributed by atoms with E-state index in [9.17, 15) is 27.6 Å². The van der Waals surface area contributed by atoms with Gasteiger partial charge in [0.05, 0.1) is 23.0 Å². The van der Waals surface area contributed by atoms with Gasteiger partial charge in [0.1, 0.15) is 0 Å². The fourth-order valence-electron chi connectivity index (χ4n) is 4.05. The molecule has 0 saturated heterocycles. The maximum Gasteiger partial charge on any atom is 0.416 e. The van der Waals surface area contributed by atoms with Gasteiger partial charge in [0.15, 0.2) is 0 Å². The van der Waals surface area contributed by atoms with Gasteiger partial charge in [0, 0.05) is 18.2 Å². The highest BCUT2D eigenvalue weighted by molar-refractivity contribution is 5.98. The Labute approximate surface area is 204 Å². The molecule has 0 atom stereocenters. The van der Waals surface area contributed by atoms with Crippen molar-refractivity contribution >= 4 is 22.6 Å². The van der Waals surface area contributed by atoms with Crippen LogP contribution in [-0.2, 0) is 19.3 Å². The van der Waals surface area contributed by atoms with Crippen LogP contribution in [0.1, 0.15) is 49.2 Å². The molecule has 2 aromatic heterocycles. The van der Waals surface area contributed by atoms with E-state index >= 15 is 0 Å². The fourth-order valence-corrected chi connectivity index (χ4v) is 4.05. The number of carbonyl (C=O) groups is 1. The van der Waals surface area contributed by atoms with E-state index in [1.54, 1.807) is 0 Å². The van der Waals surface area contributed by atoms with Crippen LogP contribution in [0.25, 0.3) is 16.7 Å². The van der Waals surface area contributed by atoms with Crippen LogP contribution >= 0.6 is 0 Å². The predicted molar refractivity (Wildman–Crippen MR) is 129 cm³/mol. The molecule has 0 unspecified atom stereocenters. The summed E-state index contributed by atoms with van der Waals surface area (Å²) in [6.45, 7) is 7.48. The van der Waals surface area contributed by atoms with Crippen molar-refractivity contribution in [2.45, 2.75) is 53.0 Å². The second-order valence-electron chi connectivity index (χ2n) is 9.44. The van der Waals surface area contributed by atoms with Crippen molar-refractivity contribution in [1.82, 2.24) is 24.1 Å². The van der Waals surface area contributed by atoms with E-state index in [2.05, 4.69) is 10.4 Å². The summed E-state index contributed by atoms with van der Waals surface area (Å²) in [6, 6.07) is 9.01. The number of hydrogen-bond acceptors (Lipinski definition) is 4. The molecule has 8 nitrogen and oxygen atoms in total. The molecule has 0 radical (unpaired) electrons. The van der Waals surface area contributed by atoms with Crippen LogP contribution in [0.4, 0.5) is 13.2 Å². The highest BCUT2D eigenvalue weighted by Gasteiger charge is 2.30. The van der Waals surface area contributed by atoms with Crippen LogP contribution in [0.15, 0.2) is 52.1 Å². The van der Waals surface area contributed by atoms with Gasteiger partial charge in [-0.3, -0.25) is 14.2 Å². The number of carbonyl (C=O) groups excluding carboxylic acids is 1. The average Bonchev–Trinajstić information content (AvgIpc) is 3.11. The van der Waals surface area contributed by atoms with Crippen LogP contribution in [0.3, 0.4) is 0 Å². The van der Waals surface area contributed by atoms with Crippen molar-refractivity contribution in [1.29, 1.82) is 0 Å². The Hall–Kier alpha value is -3.89. The zero-order chi connectivity index (χ0) is 26.4. The predicted octanol–water partition coefficient (Wildman–Crippen LogP) is 3.67. The number of benzene rings is 2. The van der Waals surface area contributed by atoms with Crippen molar-refractivity contribution in [3.05, 3.63) is 80.0 Å². The molecule has 0 aliphatic heterocycles. The summed E-state index contributed by atoms with van der Waals surface area (Å²) >= 11 is 0. The maximum atomic E-state index is 13.5. The number of rotatable bonds is 6. The number of nitrogens with one attached hydrogen (secondary N) is 1. The molecule has 0 aliphatic rings. The summed E-state index contributed by atoms with van der Waals surface area (Å²) in [5.74, 6) is -0.265. The summed E-state index contributed by atoms with van der Waals surface area (Å²) in [7, 11) is 0. The van der Waals surface area contributed by atoms with Crippen LogP contribution in [0.2, 0.25) is 0 Å². The minimum atomic E-state index is -4.53. The molecule has 190 valence electrons. The Morgan fingerprint density at radius 1 is 1.06 bits per heavy atom. The van der Waals surface area contributed by atoms with Crippen molar-refractivity contribution < 1.29 is 18.0 Å². The largest absolute Gasteiger partial charge is 0.416 e. The van der Waals surface area contributed by atoms with Gasteiger partial charge in [-0.1, -0.05) is 26.0 Å². The standard InChI is InChI=1S/C25H26F3N5O3/c1-14(2)12-31-22(35)19-9-8-17(21(34)29-15(3)4)11-20(19)33-23(31)30-32(24(33)36)13-16-6-5-7-18(10-16)25(26,27)28/h5-11,14-15H,12-13H2,1-4H3,(H,29,34). The van der Waals surface area contributed by atoms with Gasteiger partial charge in [-0.05, 0) is 55.7 Å². The third kappa shape index (κ3) is 4.77. The van der Waals surface area contributed by atoms with Crippen molar-refractivity contribution in [2.75, 3.05) is 0 Å². The van der Waals surface area contributed by atoms with Crippen LogP contribution in [0, 0.1) is 5.92 Å². The van der Waals surface area contributed by atoms with Crippen LogP contribution in [-0.4, -0.2) is 30.7 Å². The quantitative estimate of drug-likeness (QED) is 0.437. The zero-order valence-corrected chi connectivity index (χ0v) is 20.3. The summed E-state index contributed by atoms with van der Waals surface area (Å²) < 4.78 is 43.2. The molecule has 4 rings (SSSR count). The molecule has 0 spiro atoms. The van der Waals surface area contributed by atoms with Gasteiger partial charge in [0.2, 0.25) is 5.78 Å². The first-order chi connectivity index (χ1) is 16.9. The molecule has 36 heavy (non-hydrogen) atoms. The number of hydrogen-bond donors (Lipinski definition) is 1. The van der Waals surface area contributed by atoms with Crippen molar-refractivity contribution in [3.63, 3.8) is 0 Å². The fraction of sp³-hybridized carbons (Fsp3) is 0.360. The molecule has 0 saturated carbocycles. The normalized spacial score (nSPS) is 12.2. The van der Waals surface area contributed by atoms with Gasteiger partial charge >= 0.3 is 11.9 Å². The topological polar surface area (TPSA) is 90.4 Å². The molecule has 0 aliphatic carbocycles. The van der Waals surface area contributed by atoms with Gasteiger partial charge < -0.3 is 5.32 Å². The van der Waals surface area contributed by atoms with Gasteiger partial charge in [0.25, 0.3) is 11.5 Å². The Morgan fingerprint density at radius 3 is 2.42 bits per heavy atom. The minimum Gasteiger partial charge on any atom is -0.350 e. The third-order valence-electron chi connectivity index (χ3n) is 5.59. The molecule has 1 amide bonds. The number of aromatic nitrogens is 4. The molecule has 1 N–H and O–H groups in total. The van der Waals surface area contributed by atoms with E-state index in [0.29, 0.717) is 0 Å². The number of alkyl halides is 3. The maximum absolute atomic E-state index is 13.5. The Morgan fingerprint density at radius 2 is 1.78 bits per heavy atom. The van der Waals surface area contributed by atoms with Gasteiger partial charge in [-0.15, -0.1) is 5.10 Å². The summed E-state index contributed by atoms with van der Waals surface area (Å²) in [6.07, 6.45) is -4.53. The first kappa shape index (κ1) is 25.2. The van der Waals surface area contributed by atoms with E-state index in [0.717, 1.165) is 16.8 Å². The second kappa shape index (κ2) is 9.29. The van der Waals surface area contributed by atoms with E-state index in [1.165, 1.54) is 39.3 Å². The van der Waals surface area contributed by atoms with E-state index in [4.69, 9.17) is 0 Å². The Kier molecular flexibility index (Phi) is 6.50. The lowest BCUT2D eigenvalue weighted by molar-refractivity contribution is -0.137.